The first kappa shape index (κ1) is 27.1. The summed E-state index contributed by atoms with van der Waals surface area (Å²) >= 11 is 0. The number of carbonyl (C=O) groups excluding carboxylic acids is 3. The van der Waals surface area contributed by atoms with Crippen LogP contribution >= 0.6 is 0 Å². The molecule has 0 saturated carbocycles. The van der Waals surface area contributed by atoms with Crippen LogP contribution in [0.25, 0.3) is 11.1 Å². The van der Waals surface area contributed by atoms with E-state index in [4.69, 9.17) is 4.74 Å². The molecule has 0 fully saturated rings. The van der Waals surface area contributed by atoms with Crippen LogP contribution in [0.2, 0.25) is 0 Å². The fourth-order valence-electron chi connectivity index (χ4n) is 3.26. The van der Waals surface area contributed by atoms with E-state index >= 15 is 0 Å². The molecule has 0 radical (unpaired) electrons. The Hall–Kier alpha value is -1.89. The van der Waals surface area contributed by atoms with Gasteiger partial charge in [0, 0.05) is 18.4 Å². The molecule has 0 bridgehead atoms. The summed E-state index contributed by atoms with van der Waals surface area (Å²) in [5, 5.41) is 13.5. The van der Waals surface area contributed by atoms with Gasteiger partial charge in [0.05, 0.1) is 12.5 Å². The van der Waals surface area contributed by atoms with Crippen molar-refractivity contribution in [2.75, 3.05) is 6.61 Å². The molecule has 0 unspecified atom stereocenters. The Balaban J connectivity index is 0.00000480. The molecule has 2 aromatic rings. The molecule has 31 heavy (non-hydrogen) atoms. The Kier molecular flexibility index (Phi) is 12.5. The zero-order valence-electron chi connectivity index (χ0n) is 18.1. The molecule has 6 nitrogen and oxygen atoms in total. The van der Waals surface area contributed by atoms with E-state index in [0.29, 0.717) is 19.4 Å². The molecule has 0 spiro atoms. The molecule has 2 rings (SSSR count). The third-order valence-corrected chi connectivity index (χ3v) is 4.79. The normalized spacial score (nSPS) is 12.2. The second-order valence-electron chi connectivity index (χ2n) is 7.29. The number of benzene rings is 2. The largest absolute Gasteiger partial charge is 2.00 e. The standard InChI is InChI=1S/C24H29NO5.Ca/c1-3-30-24(29)17(2)15-21(25-22(26)13-14-23(27)28)16-18-9-11-20(12-10-18)19-7-5-4-6-8-19;/h4-12,17,21H,3,13-16H2,1-2H3,(H,25,26)(H,27,28);/q;+2/p-1/t17-,21+;/m1./s1. The van der Waals surface area contributed by atoms with Gasteiger partial charge in [-0.2, -0.15) is 0 Å². The Morgan fingerprint density at radius 1 is 0.968 bits per heavy atom. The molecule has 0 aromatic heterocycles. The van der Waals surface area contributed by atoms with Crippen LogP contribution in [0.1, 0.15) is 38.7 Å². The monoisotopic (exact) mass is 450 g/mol. The van der Waals surface area contributed by atoms with Crippen LogP contribution in [-0.2, 0) is 25.5 Å². The zero-order chi connectivity index (χ0) is 21.9. The summed E-state index contributed by atoms with van der Waals surface area (Å²) in [6.07, 6.45) is 0.434. The number of aliphatic carboxylic acids is 1. The molecule has 160 valence electrons. The molecule has 7 heteroatoms. The second-order valence-corrected chi connectivity index (χ2v) is 7.29. The van der Waals surface area contributed by atoms with Crippen molar-refractivity contribution in [3.05, 3.63) is 60.2 Å². The fourth-order valence-corrected chi connectivity index (χ4v) is 3.26. The molecule has 2 atom stereocenters. The number of amides is 1. The predicted octanol–water partition coefficient (Wildman–Crippen LogP) is 2.12. The Morgan fingerprint density at radius 2 is 1.58 bits per heavy atom. The Morgan fingerprint density at radius 3 is 2.16 bits per heavy atom. The van der Waals surface area contributed by atoms with Crippen LogP contribution in [0.4, 0.5) is 0 Å². The van der Waals surface area contributed by atoms with E-state index in [1.165, 1.54) is 0 Å². The molecule has 0 aliphatic rings. The number of rotatable bonds is 11. The van der Waals surface area contributed by atoms with E-state index in [1.54, 1.807) is 13.8 Å². The maximum Gasteiger partial charge on any atom is 2.00 e. The molecule has 0 saturated heterocycles. The van der Waals surface area contributed by atoms with Gasteiger partial charge in [-0.25, -0.2) is 0 Å². The summed E-state index contributed by atoms with van der Waals surface area (Å²) in [4.78, 5) is 34.8. The number of ether oxygens (including phenoxy) is 1. The van der Waals surface area contributed by atoms with E-state index in [9.17, 15) is 19.5 Å². The van der Waals surface area contributed by atoms with Gasteiger partial charge in [-0.15, -0.1) is 0 Å². The quantitative estimate of drug-likeness (QED) is 0.418. The SMILES string of the molecule is CCOC(=O)[C@H](C)C[C@@H](Cc1ccc(-c2ccccc2)cc1)NC(=O)CCC(=O)[O-].[Ca+2]. The molecule has 0 aliphatic carbocycles. The minimum absolute atomic E-state index is 0. The summed E-state index contributed by atoms with van der Waals surface area (Å²) in [6.45, 7) is 3.81. The number of carbonyl (C=O) groups is 3. The van der Waals surface area contributed by atoms with Crippen molar-refractivity contribution < 1.29 is 24.2 Å². The van der Waals surface area contributed by atoms with Crippen molar-refractivity contribution in [1.82, 2.24) is 5.32 Å². The minimum atomic E-state index is -1.27. The number of carboxylic acid groups (broad SMARTS) is 1. The zero-order valence-corrected chi connectivity index (χ0v) is 20.3. The van der Waals surface area contributed by atoms with E-state index < -0.39 is 5.97 Å². The number of esters is 1. The van der Waals surface area contributed by atoms with Gasteiger partial charge in [0.25, 0.3) is 0 Å². The van der Waals surface area contributed by atoms with Crippen molar-refractivity contribution in [3.8, 4) is 11.1 Å². The van der Waals surface area contributed by atoms with E-state index in [2.05, 4.69) is 5.32 Å². The van der Waals surface area contributed by atoms with Gasteiger partial charge in [-0.1, -0.05) is 61.5 Å². The molecule has 0 aliphatic heterocycles. The van der Waals surface area contributed by atoms with E-state index in [1.807, 2.05) is 54.6 Å². The van der Waals surface area contributed by atoms with Crippen LogP contribution in [0.3, 0.4) is 0 Å². The second kappa shape index (κ2) is 14.2. The Bertz CT molecular complexity index is 839. The van der Waals surface area contributed by atoms with Crippen molar-refractivity contribution in [3.63, 3.8) is 0 Å². The van der Waals surface area contributed by atoms with Crippen LogP contribution in [0.15, 0.2) is 54.6 Å². The molecule has 0 heterocycles. The van der Waals surface area contributed by atoms with Crippen molar-refractivity contribution in [2.45, 2.75) is 45.6 Å². The van der Waals surface area contributed by atoms with Gasteiger partial charge in [0.1, 0.15) is 0 Å². The maximum absolute atomic E-state index is 12.1. The molecule has 2 aromatic carbocycles. The number of hydrogen-bond donors (Lipinski definition) is 1. The van der Waals surface area contributed by atoms with Crippen molar-refractivity contribution in [2.24, 2.45) is 5.92 Å². The van der Waals surface area contributed by atoms with Crippen molar-refractivity contribution in [1.29, 1.82) is 0 Å². The topological polar surface area (TPSA) is 95.5 Å². The number of nitrogens with one attached hydrogen (secondary N) is 1. The molecule has 1 amide bonds. The van der Waals surface area contributed by atoms with Gasteiger partial charge in [0.15, 0.2) is 0 Å². The number of hydrogen-bond acceptors (Lipinski definition) is 5. The summed E-state index contributed by atoms with van der Waals surface area (Å²) in [7, 11) is 0. The maximum atomic E-state index is 12.1. The third kappa shape index (κ3) is 9.85. The Labute approximate surface area is 213 Å². The molecular weight excluding hydrogens is 422 g/mol. The summed E-state index contributed by atoms with van der Waals surface area (Å²) < 4.78 is 5.07. The molecular formula is C24H28CaNO5+. The summed E-state index contributed by atoms with van der Waals surface area (Å²) in [5.41, 5.74) is 3.22. The van der Waals surface area contributed by atoms with Gasteiger partial charge in [-0.05, 0) is 42.9 Å². The van der Waals surface area contributed by atoms with Gasteiger partial charge >= 0.3 is 43.7 Å². The summed E-state index contributed by atoms with van der Waals surface area (Å²) in [5.74, 6) is -2.34. The first-order chi connectivity index (χ1) is 14.4. The predicted molar refractivity (Wildman–Crippen MR) is 118 cm³/mol. The smallest absolute Gasteiger partial charge is 0.550 e. The first-order valence-electron chi connectivity index (χ1n) is 10.2. The fraction of sp³-hybridized carbons (Fsp3) is 0.375. The number of carboxylic acids is 1. The first-order valence-corrected chi connectivity index (χ1v) is 10.2. The van der Waals surface area contributed by atoms with E-state index in [0.717, 1.165) is 16.7 Å². The summed E-state index contributed by atoms with van der Waals surface area (Å²) in [6, 6.07) is 17.7. The molecule has 1 N–H and O–H groups in total. The van der Waals surface area contributed by atoms with E-state index in [-0.39, 0.29) is 74.4 Å². The van der Waals surface area contributed by atoms with Gasteiger partial charge in [-0.3, -0.25) is 9.59 Å². The van der Waals surface area contributed by atoms with Crippen LogP contribution < -0.4 is 10.4 Å². The van der Waals surface area contributed by atoms with Gasteiger partial charge < -0.3 is 20.0 Å². The van der Waals surface area contributed by atoms with Crippen LogP contribution in [-0.4, -0.2) is 68.2 Å². The van der Waals surface area contributed by atoms with Crippen LogP contribution in [0, 0.1) is 5.92 Å². The third-order valence-electron chi connectivity index (χ3n) is 4.79. The van der Waals surface area contributed by atoms with Gasteiger partial charge in [0.2, 0.25) is 5.91 Å². The van der Waals surface area contributed by atoms with Crippen LogP contribution in [0.5, 0.6) is 0 Å². The minimum Gasteiger partial charge on any atom is -0.550 e. The average molecular weight is 451 g/mol. The van der Waals surface area contributed by atoms with Crippen molar-refractivity contribution >= 4 is 55.6 Å². The average Bonchev–Trinajstić information content (AvgIpc) is 2.73.